The van der Waals surface area contributed by atoms with Crippen molar-refractivity contribution in [1.82, 2.24) is 4.90 Å². The van der Waals surface area contributed by atoms with E-state index in [2.05, 4.69) is 0 Å². The highest BCUT2D eigenvalue weighted by Crippen LogP contribution is 2.28. The number of carbonyl (C=O) groups excluding carboxylic acids is 1. The molecule has 0 radical (unpaired) electrons. The van der Waals surface area contributed by atoms with Crippen molar-refractivity contribution in [3.05, 3.63) is 34.9 Å². The predicted octanol–water partition coefficient (Wildman–Crippen LogP) is 3.14. The first-order valence-electron chi connectivity index (χ1n) is 7.74. The fourth-order valence-corrected chi connectivity index (χ4v) is 2.77. The molecule has 2 atom stereocenters. The van der Waals surface area contributed by atoms with E-state index in [0.717, 1.165) is 0 Å². The SMILES string of the molecule is CC(C)(C)OC(=O)N1CCOCC1[C@@H](C(=O)O)c1ccc(Cl)cc1. The van der Waals surface area contributed by atoms with Crippen LogP contribution in [0.1, 0.15) is 32.3 Å². The van der Waals surface area contributed by atoms with Gasteiger partial charge in [-0.3, -0.25) is 9.69 Å². The van der Waals surface area contributed by atoms with E-state index in [1.54, 1.807) is 45.0 Å². The van der Waals surface area contributed by atoms with Crippen molar-refractivity contribution in [1.29, 1.82) is 0 Å². The molecule has 132 valence electrons. The Morgan fingerprint density at radius 1 is 1.33 bits per heavy atom. The standard InChI is InChI=1S/C17H22ClNO5/c1-17(2,3)24-16(22)19-8-9-23-10-13(19)14(15(20)21)11-4-6-12(18)7-5-11/h4-7,13-14H,8-10H2,1-3H3,(H,20,21)/t13?,14-/m0/s1. The maximum absolute atomic E-state index is 12.5. The molecule has 0 aliphatic carbocycles. The normalized spacial score (nSPS) is 19.7. The van der Waals surface area contributed by atoms with E-state index < -0.39 is 29.6 Å². The summed E-state index contributed by atoms with van der Waals surface area (Å²) >= 11 is 5.88. The van der Waals surface area contributed by atoms with Crippen LogP contribution >= 0.6 is 11.6 Å². The molecule has 1 aliphatic heterocycles. The first kappa shape index (κ1) is 18.5. The van der Waals surface area contributed by atoms with Crippen LogP contribution in [-0.4, -0.2) is 53.5 Å². The highest BCUT2D eigenvalue weighted by Gasteiger charge is 2.40. The largest absolute Gasteiger partial charge is 0.481 e. The molecule has 1 aromatic carbocycles. The number of amides is 1. The Bertz CT molecular complexity index is 596. The van der Waals surface area contributed by atoms with Crippen LogP contribution in [0, 0.1) is 0 Å². The van der Waals surface area contributed by atoms with Crippen molar-refractivity contribution in [2.45, 2.75) is 38.3 Å². The lowest BCUT2D eigenvalue weighted by Crippen LogP contribution is -2.54. The maximum Gasteiger partial charge on any atom is 0.410 e. The first-order chi connectivity index (χ1) is 11.2. The van der Waals surface area contributed by atoms with Crippen LogP contribution in [0.15, 0.2) is 24.3 Å². The van der Waals surface area contributed by atoms with Gasteiger partial charge in [0.2, 0.25) is 0 Å². The smallest absolute Gasteiger partial charge is 0.410 e. The van der Waals surface area contributed by atoms with Gasteiger partial charge in [-0.2, -0.15) is 0 Å². The minimum atomic E-state index is -1.03. The van der Waals surface area contributed by atoms with Gasteiger partial charge in [0, 0.05) is 11.6 Å². The number of benzene rings is 1. The topological polar surface area (TPSA) is 76.1 Å². The lowest BCUT2D eigenvalue weighted by Gasteiger charge is -2.39. The van der Waals surface area contributed by atoms with Gasteiger partial charge >= 0.3 is 12.1 Å². The molecule has 1 aliphatic rings. The summed E-state index contributed by atoms with van der Waals surface area (Å²) in [6.07, 6.45) is -0.531. The summed E-state index contributed by atoms with van der Waals surface area (Å²) < 4.78 is 10.8. The fourth-order valence-electron chi connectivity index (χ4n) is 2.65. The van der Waals surface area contributed by atoms with Gasteiger partial charge in [0.05, 0.1) is 19.3 Å². The molecule has 1 unspecified atom stereocenters. The average Bonchev–Trinajstić information content (AvgIpc) is 2.48. The van der Waals surface area contributed by atoms with Crippen LogP contribution in [0.4, 0.5) is 4.79 Å². The van der Waals surface area contributed by atoms with E-state index in [9.17, 15) is 14.7 Å². The van der Waals surface area contributed by atoms with Gasteiger partial charge in [0.25, 0.3) is 0 Å². The molecule has 6 nitrogen and oxygen atoms in total. The number of morpholine rings is 1. The van der Waals surface area contributed by atoms with Crippen LogP contribution in [-0.2, 0) is 14.3 Å². The van der Waals surface area contributed by atoms with E-state index in [1.807, 2.05) is 0 Å². The van der Waals surface area contributed by atoms with E-state index in [0.29, 0.717) is 17.2 Å². The van der Waals surface area contributed by atoms with Gasteiger partial charge in [-0.25, -0.2) is 4.79 Å². The zero-order valence-corrected chi connectivity index (χ0v) is 14.7. The Labute approximate surface area is 146 Å². The van der Waals surface area contributed by atoms with Gasteiger partial charge in [-0.15, -0.1) is 0 Å². The molecule has 1 N–H and O–H groups in total. The molecule has 1 fully saturated rings. The Balaban J connectivity index is 2.30. The monoisotopic (exact) mass is 355 g/mol. The molecule has 7 heteroatoms. The summed E-state index contributed by atoms with van der Waals surface area (Å²) in [4.78, 5) is 25.8. The van der Waals surface area contributed by atoms with Crippen molar-refractivity contribution >= 4 is 23.7 Å². The number of nitrogens with zero attached hydrogens (tertiary/aromatic N) is 1. The number of aliphatic carboxylic acids is 1. The maximum atomic E-state index is 12.5. The third-order valence-electron chi connectivity index (χ3n) is 3.67. The van der Waals surface area contributed by atoms with Gasteiger partial charge in [-0.1, -0.05) is 23.7 Å². The van der Waals surface area contributed by atoms with Gasteiger partial charge in [-0.05, 0) is 38.5 Å². The summed E-state index contributed by atoms with van der Waals surface area (Å²) in [5.41, 5.74) is -0.0881. The predicted molar refractivity (Wildman–Crippen MR) is 89.4 cm³/mol. The van der Waals surface area contributed by atoms with E-state index >= 15 is 0 Å². The minimum absolute atomic E-state index is 0.138. The molecule has 0 spiro atoms. The average molecular weight is 356 g/mol. The molecule has 24 heavy (non-hydrogen) atoms. The van der Waals surface area contributed by atoms with Crippen molar-refractivity contribution in [3.8, 4) is 0 Å². The van der Waals surface area contributed by atoms with Gasteiger partial charge < -0.3 is 14.6 Å². The molecule has 1 amide bonds. The number of carboxylic acids is 1. The summed E-state index contributed by atoms with van der Waals surface area (Å²) in [7, 11) is 0. The summed E-state index contributed by atoms with van der Waals surface area (Å²) in [6, 6.07) is 5.93. The molecular formula is C17H22ClNO5. The summed E-state index contributed by atoms with van der Waals surface area (Å²) in [5.74, 6) is -1.95. The lowest BCUT2D eigenvalue weighted by molar-refractivity contribution is -0.142. The van der Waals surface area contributed by atoms with E-state index in [4.69, 9.17) is 21.1 Å². The first-order valence-corrected chi connectivity index (χ1v) is 8.12. The van der Waals surface area contributed by atoms with Crippen LogP contribution in [0.5, 0.6) is 0 Å². The quantitative estimate of drug-likeness (QED) is 0.901. The van der Waals surface area contributed by atoms with E-state index in [-0.39, 0.29) is 13.2 Å². The zero-order chi connectivity index (χ0) is 17.9. The molecule has 0 bridgehead atoms. The number of halogens is 1. The minimum Gasteiger partial charge on any atom is -0.481 e. The van der Waals surface area contributed by atoms with Gasteiger partial charge in [0.15, 0.2) is 0 Å². The van der Waals surface area contributed by atoms with Crippen LogP contribution < -0.4 is 0 Å². The molecule has 0 aromatic heterocycles. The molecular weight excluding hydrogens is 334 g/mol. The lowest BCUT2D eigenvalue weighted by atomic mass is 9.90. The van der Waals surface area contributed by atoms with Gasteiger partial charge in [0.1, 0.15) is 11.5 Å². The third kappa shape index (κ3) is 4.61. The number of hydrogen-bond acceptors (Lipinski definition) is 4. The van der Waals surface area contributed by atoms with Crippen molar-refractivity contribution in [3.63, 3.8) is 0 Å². The fraction of sp³-hybridized carbons (Fsp3) is 0.529. The molecule has 1 heterocycles. The molecule has 1 aromatic rings. The summed E-state index contributed by atoms with van der Waals surface area (Å²) in [5, 5.41) is 10.2. The second-order valence-electron chi connectivity index (χ2n) is 6.68. The number of hydrogen-bond donors (Lipinski definition) is 1. The van der Waals surface area contributed by atoms with Crippen molar-refractivity contribution < 1.29 is 24.2 Å². The zero-order valence-electron chi connectivity index (χ0n) is 14.0. The van der Waals surface area contributed by atoms with Crippen LogP contribution in [0.25, 0.3) is 0 Å². The third-order valence-corrected chi connectivity index (χ3v) is 3.93. The highest BCUT2D eigenvalue weighted by atomic mass is 35.5. The number of carboxylic acid groups (broad SMARTS) is 1. The van der Waals surface area contributed by atoms with E-state index in [1.165, 1.54) is 4.90 Å². The second kappa shape index (κ2) is 7.40. The van der Waals surface area contributed by atoms with Crippen LogP contribution in [0.2, 0.25) is 5.02 Å². The Kier molecular flexibility index (Phi) is 5.72. The van der Waals surface area contributed by atoms with Crippen molar-refractivity contribution in [2.75, 3.05) is 19.8 Å². The number of ether oxygens (including phenoxy) is 2. The Morgan fingerprint density at radius 2 is 1.96 bits per heavy atom. The van der Waals surface area contributed by atoms with Crippen molar-refractivity contribution in [2.24, 2.45) is 0 Å². The second-order valence-corrected chi connectivity index (χ2v) is 7.12. The molecule has 2 rings (SSSR count). The highest BCUT2D eigenvalue weighted by molar-refractivity contribution is 6.30. The number of carbonyl (C=O) groups is 2. The summed E-state index contributed by atoms with van der Waals surface area (Å²) in [6.45, 7) is 6.09. The van der Waals surface area contributed by atoms with Crippen LogP contribution in [0.3, 0.4) is 0 Å². The molecule has 1 saturated heterocycles. The Morgan fingerprint density at radius 3 is 2.50 bits per heavy atom. The Hall–Kier alpha value is -1.79. The molecule has 0 saturated carbocycles. The number of rotatable bonds is 3.